The minimum absolute atomic E-state index is 0.0135. The highest BCUT2D eigenvalue weighted by molar-refractivity contribution is 6.05. The van der Waals surface area contributed by atoms with Gasteiger partial charge in [0.2, 0.25) is 5.91 Å². The summed E-state index contributed by atoms with van der Waals surface area (Å²) in [5.41, 5.74) is 0.983. The maximum atomic E-state index is 11.2. The topological polar surface area (TPSA) is 66.1 Å². The Hall–Kier alpha value is -1.65. The zero-order valence-corrected chi connectivity index (χ0v) is 7.69. The number of ketones is 1. The molecule has 0 aromatic carbocycles. The first-order valence-electron chi connectivity index (χ1n) is 4.52. The Kier molecular flexibility index (Phi) is 2.30. The third kappa shape index (κ3) is 1.81. The van der Waals surface area contributed by atoms with Crippen molar-refractivity contribution in [3.05, 3.63) is 18.2 Å². The summed E-state index contributed by atoms with van der Waals surface area (Å²) in [6, 6.07) is 0. The Labute approximate surface area is 81.1 Å². The van der Waals surface area contributed by atoms with E-state index in [1.807, 2.05) is 0 Å². The van der Waals surface area contributed by atoms with Crippen LogP contribution >= 0.6 is 0 Å². The van der Waals surface area contributed by atoms with Crippen LogP contribution < -0.4 is 0 Å². The maximum Gasteiger partial charge on any atom is 0.230 e. The summed E-state index contributed by atoms with van der Waals surface area (Å²) in [4.78, 5) is 30.6. The van der Waals surface area contributed by atoms with Crippen LogP contribution in [-0.2, 0) is 16.0 Å². The molecule has 0 bridgehead atoms. The zero-order chi connectivity index (χ0) is 9.97. The second-order valence-corrected chi connectivity index (χ2v) is 3.36. The molecule has 2 heterocycles. The van der Waals surface area contributed by atoms with Crippen LogP contribution in [0.3, 0.4) is 0 Å². The second-order valence-electron chi connectivity index (χ2n) is 3.36. The van der Waals surface area contributed by atoms with E-state index >= 15 is 0 Å². The molecule has 1 saturated heterocycles. The van der Waals surface area contributed by atoms with Crippen LogP contribution in [0.2, 0.25) is 0 Å². The Bertz CT molecular complexity index is 345. The SMILES string of the molecule is O=C1CC(=O)N(CCc2cnc[nH]2)C1. The lowest BCUT2D eigenvalue weighted by Crippen LogP contribution is -2.27. The van der Waals surface area contributed by atoms with E-state index in [0.717, 1.165) is 12.1 Å². The van der Waals surface area contributed by atoms with Gasteiger partial charge in [-0.25, -0.2) is 4.98 Å². The molecule has 0 spiro atoms. The number of likely N-dealkylation sites (tertiary alicyclic amines) is 1. The van der Waals surface area contributed by atoms with Gasteiger partial charge in [0.15, 0.2) is 5.78 Å². The van der Waals surface area contributed by atoms with Crippen LogP contribution in [0, 0.1) is 0 Å². The number of nitrogens with zero attached hydrogens (tertiary/aromatic N) is 2. The van der Waals surface area contributed by atoms with E-state index in [-0.39, 0.29) is 24.7 Å². The van der Waals surface area contributed by atoms with Gasteiger partial charge in [0, 0.05) is 24.9 Å². The summed E-state index contributed by atoms with van der Waals surface area (Å²) < 4.78 is 0. The van der Waals surface area contributed by atoms with Crippen LogP contribution in [0.25, 0.3) is 0 Å². The highest BCUT2D eigenvalue weighted by Gasteiger charge is 2.26. The van der Waals surface area contributed by atoms with Gasteiger partial charge in [-0.2, -0.15) is 0 Å². The summed E-state index contributed by atoms with van der Waals surface area (Å²) in [7, 11) is 0. The number of amides is 1. The molecule has 14 heavy (non-hydrogen) atoms. The van der Waals surface area contributed by atoms with Crippen molar-refractivity contribution in [3.63, 3.8) is 0 Å². The van der Waals surface area contributed by atoms with E-state index in [1.54, 1.807) is 17.4 Å². The molecule has 1 aromatic rings. The summed E-state index contributed by atoms with van der Waals surface area (Å²) in [5.74, 6) is -0.0471. The molecular weight excluding hydrogens is 182 g/mol. The predicted octanol–water partition coefficient (Wildman–Crippen LogP) is -0.246. The van der Waals surface area contributed by atoms with E-state index in [0.29, 0.717) is 6.54 Å². The fraction of sp³-hybridized carbons (Fsp3) is 0.444. The third-order valence-electron chi connectivity index (χ3n) is 2.27. The number of rotatable bonds is 3. The average Bonchev–Trinajstić information content (AvgIpc) is 2.72. The largest absolute Gasteiger partial charge is 0.348 e. The van der Waals surface area contributed by atoms with Crippen LogP contribution in [0.5, 0.6) is 0 Å². The molecule has 1 N–H and O–H groups in total. The van der Waals surface area contributed by atoms with Crippen molar-refractivity contribution in [2.24, 2.45) is 0 Å². The molecule has 0 saturated carbocycles. The number of imidazole rings is 1. The van der Waals surface area contributed by atoms with Crippen LogP contribution in [0.15, 0.2) is 12.5 Å². The van der Waals surface area contributed by atoms with E-state index in [2.05, 4.69) is 9.97 Å². The molecule has 0 aliphatic carbocycles. The molecule has 74 valence electrons. The van der Waals surface area contributed by atoms with Gasteiger partial charge in [0.05, 0.1) is 19.3 Å². The van der Waals surface area contributed by atoms with Gasteiger partial charge >= 0.3 is 0 Å². The normalized spacial score (nSPS) is 16.7. The van der Waals surface area contributed by atoms with Crippen molar-refractivity contribution < 1.29 is 9.59 Å². The molecular formula is C9H11N3O2. The number of hydrogen-bond donors (Lipinski definition) is 1. The summed E-state index contributed by atoms with van der Waals surface area (Å²) >= 11 is 0. The predicted molar refractivity (Wildman–Crippen MR) is 48.5 cm³/mol. The smallest absolute Gasteiger partial charge is 0.230 e. The van der Waals surface area contributed by atoms with E-state index < -0.39 is 0 Å². The number of carbonyl (C=O) groups excluding carboxylic acids is 2. The van der Waals surface area contributed by atoms with Crippen molar-refractivity contribution in [2.45, 2.75) is 12.8 Å². The lowest BCUT2D eigenvalue weighted by atomic mass is 10.3. The van der Waals surface area contributed by atoms with Crippen LogP contribution in [0.4, 0.5) is 0 Å². The molecule has 1 aliphatic rings. The quantitative estimate of drug-likeness (QED) is 0.673. The van der Waals surface area contributed by atoms with Gasteiger partial charge in [0.25, 0.3) is 0 Å². The number of hydrogen-bond acceptors (Lipinski definition) is 3. The standard InChI is InChI=1S/C9H11N3O2/c13-8-3-9(14)12(5-8)2-1-7-4-10-6-11-7/h4,6H,1-3,5H2,(H,10,11). The van der Waals surface area contributed by atoms with Crippen LogP contribution in [-0.4, -0.2) is 39.6 Å². The van der Waals surface area contributed by atoms with Crippen molar-refractivity contribution in [1.82, 2.24) is 14.9 Å². The maximum absolute atomic E-state index is 11.2. The zero-order valence-electron chi connectivity index (χ0n) is 7.69. The van der Waals surface area contributed by atoms with Gasteiger partial charge < -0.3 is 9.88 Å². The molecule has 5 nitrogen and oxygen atoms in total. The van der Waals surface area contributed by atoms with Gasteiger partial charge in [-0.15, -0.1) is 0 Å². The minimum Gasteiger partial charge on any atom is -0.348 e. The number of aromatic nitrogens is 2. The molecule has 1 aliphatic heterocycles. The third-order valence-corrected chi connectivity index (χ3v) is 2.27. The fourth-order valence-corrected chi connectivity index (χ4v) is 1.52. The molecule has 5 heteroatoms. The van der Waals surface area contributed by atoms with E-state index in [9.17, 15) is 9.59 Å². The number of nitrogens with one attached hydrogen (secondary N) is 1. The second kappa shape index (κ2) is 3.61. The summed E-state index contributed by atoms with van der Waals surface area (Å²) in [6.45, 7) is 0.861. The molecule has 0 radical (unpaired) electrons. The van der Waals surface area contributed by atoms with Crippen molar-refractivity contribution >= 4 is 11.7 Å². The Balaban J connectivity index is 1.87. The van der Waals surface area contributed by atoms with E-state index in [4.69, 9.17) is 0 Å². The van der Waals surface area contributed by atoms with Crippen molar-refractivity contribution in [1.29, 1.82) is 0 Å². The minimum atomic E-state index is -0.0606. The monoisotopic (exact) mass is 193 g/mol. The average molecular weight is 193 g/mol. The lowest BCUT2D eigenvalue weighted by molar-refractivity contribution is -0.127. The van der Waals surface area contributed by atoms with Crippen LogP contribution in [0.1, 0.15) is 12.1 Å². The van der Waals surface area contributed by atoms with Gasteiger partial charge in [-0.05, 0) is 0 Å². The Morgan fingerprint density at radius 2 is 2.36 bits per heavy atom. The first-order valence-corrected chi connectivity index (χ1v) is 4.52. The highest BCUT2D eigenvalue weighted by atomic mass is 16.2. The molecule has 1 aromatic heterocycles. The van der Waals surface area contributed by atoms with Gasteiger partial charge in [-0.1, -0.05) is 0 Å². The fourth-order valence-electron chi connectivity index (χ4n) is 1.52. The molecule has 1 amide bonds. The number of Topliss-reactive ketones (excluding diaryl/α,β-unsaturated/α-hetero) is 1. The van der Waals surface area contributed by atoms with Crippen molar-refractivity contribution in [3.8, 4) is 0 Å². The Morgan fingerprint density at radius 1 is 1.50 bits per heavy atom. The molecule has 2 rings (SSSR count). The number of carbonyl (C=O) groups is 2. The first kappa shape index (κ1) is 8.93. The van der Waals surface area contributed by atoms with Crippen molar-refractivity contribution in [2.75, 3.05) is 13.1 Å². The molecule has 0 atom stereocenters. The summed E-state index contributed by atoms with van der Waals surface area (Å²) in [6.07, 6.45) is 4.12. The number of H-pyrrole nitrogens is 1. The van der Waals surface area contributed by atoms with Gasteiger partial charge in [-0.3, -0.25) is 9.59 Å². The lowest BCUT2D eigenvalue weighted by Gasteiger charge is -2.12. The molecule has 0 unspecified atom stereocenters. The Morgan fingerprint density at radius 3 is 2.93 bits per heavy atom. The first-order chi connectivity index (χ1) is 6.75. The highest BCUT2D eigenvalue weighted by Crippen LogP contribution is 2.07. The number of aromatic amines is 1. The summed E-state index contributed by atoms with van der Waals surface area (Å²) in [5, 5.41) is 0. The van der Waals surface area contributed by atoms with Gasteiger partial charge in [0.1, 0.15) is 0 Å². The molecule has 1 fully saturated rings. The van der Waals surface area contributed by atoms with E-state index in [1.165, 1.54) is 0 Å².